The minimum absolute atomic E-state index is 0.176. The molecule has 0 fully saturated rings. The summed E-state index contributed by atoms with van der Waals surface area (Å²) in [6, 6.07) is 17.2. The number of carbonyl (C=O) groups is 2. The smallest absolute Gasteiger partial charge is 0.233 e. The SMILES string of the molecule is CCc1ccccc1NC(=O)CC(=O)NCc1ccccc1. The molecule has 0 aliphatic heterocycles. The average Bonchev–Trinajstić information content (AvgIpc) is 2.54. The molecule has 0 aromatic heterocycles. The van der Waals surface area contributed by atoms with Crippen molar-refractivity contribution in [2.24, 2.45) is 0 Å². The monoisotopic (exact) mass is 296 g/mol. The molecule has 0 saturated carbocycles. The lowest BCUT2D eigenvalue weighted by Crippen LogP contribution is -2.27. The van der Waals surface area contributed by atoms with E-state index in [1.807, 2.05) is 61.5 Å². The Morgan fingerprint density at radius 2 is 1.59 bits per heavy atom. The normalized spacial score (nSPS) is 10.0. The van der Waals surface area contributed by atoms with Gasteiger partial charge in [-0.15, -0.1) is 0 Å². The van der Waals surface area contributed by atoms with Gasteiger partial charge in [-0.3, -0.25) is 9.59 Å². The highest BCUT2D eigenvalue weighted by atomic mass is 16.2. The topological polar surface area (TPSA) is 58.2 Å². The Kier molecular flexibility index (Phi) is 5.72. The van der Waals surface area contributed by atoms with Crippen LogP contribution in [0.15, 0.2) is 54.6 Å². The molecule has 0 unspecified atom stereocenters. The molecular formula is C18H20N2O2. The van der Waals surface area contributed by atoms with E-state index in [1.165, 1.54) is 0 Å². The van der Waals surface area contributed by atoms with Gasteiger partial charge >= 0.3 is 0 Å². The van der Waals surface area contributed by atoms with E-state index in [9.17, 15) is 9.59 Å². The van der Waals surface area contributed by atoms with Crippen LogP contribution in [0.2, 0.25) is 0 Å². The number of anilines is 1. The van der Waals surface area contributed by atoms with Crippen LogP contribution in [0.4, 0.5) is 5.69 Å². The molecule has 0 saturated heterocycles. The van der Waals surface area contributed by atoms with Crippen molar-refractivity contribution in [1.29, 1.82) is 0 Å². The molecule has 0 bridgehead atoms. The third-order valence-corrected chi connectivity index (χ3v) is 3.33. The molecule has 0 atom stereocenters. The Morgan fingerprint density at radius 3 is 2.32 bits per heavy atom. The Labute approximate surface area is 130 Å². The van der Waals surface area contributed by atoms with Gasteiger partial charge in [0.05, 0.1) is 0 Å². The van der Waals surface area contributed by atoms with Crippen LogP contribution >= 0.6 is 0 Å². The minimum atomic E-state index is -0.300. The Balaban J connectivity index is 1.82. The molecular weight excluding hydrogens is 276 g/mol. The van der Waals surface area contributed by atoms with E-state index < -0.39 is 0 Å². The van der Waals surface area contributed by atoms with Crippen molar-refractivity contribution in [3.8, 4) is 0 Å². The summed E-state index contributed by atoms with van der Waals surface area (Å²) in [7, 11) is 0. The maximum absolute atomic E-state index is 11.9. The van der Waals surface area contributed by atoms with E-state index in [2.05, 4.69) is 10.6 Å². The van der Waals surface area contributed by atoms with Crippen LogP contribution in [0.1, 0.15) is 24.5 Å². The first-order valence-electron chi connectivity index (χ1n) is 7.37. The van der Waals surface area contributed by atoms with Gasteiger partial charge in [0.15, 0.2) is 0 Å². The largest absolute Gasteiger partial charge is 0.352 e. The zero-order valence-electron chi connectivity index (χ0n) is 12.6. The van der Waals surface area contributed by atoms with Crippen molar-refractivity contribution in [3.63, 3.8) is 0 Å². The number of hydrogen-bond acceptors (Lipinski definition) is 2. The van der Waals surface area contributed by atoms with E-state index in [0.717, 1.165) is 23.2 Å². The van der Waals surface area contributed by atoms with Crippen LogP contribution in [0, 0.1) is 0 Å². The van der Waals surface area contributed by atoms with Crippen molar-refractivity contribution >= 4 is 17.5 Å². The van der Waals surface area contributed by atoms with Crippen molar-refractivity contribution in [2.75, 3.05) is 5.32 Å². The maximum Gasteiger partial charge on any atom is 0.233 e. The number of hydrogen-bond donors (Lipinski definition) is 2. The number of nitrogens with one attached hydrogen (secondary N) is 2. The van der Waals surface area contributed by atoms with E-state index in [0.29, 0.717) is 6.54 Å². The van der Waals surface area contributed by atoms with Gasteiger partial charge in [0.25, 0.3) is 0 Å². The number of aryl methyl sites for hydroxylation is 1. The van der Waals surface area contributed by atoms with Gasteiger partial charge < -0.3 is 10.6 Å². The van der Waals surface area contributed by atoms with Crippen molar-refractivity contribution < 1.29 is 9.59 Å². The van der Waals surface area contributed by atoms with Crippen LogP contribution in [0.5, 0.6) is 0 Å². The summed E-state index contributed by atoms with van der Waals surface area (Å²) in [6.45, 7) is 2.45. The minimum Gasteiger partial charge on any atom is -0.352 e. The van der Waals surface area contributed by atoms with Crippen molar-refractivity contribution in [3.05, 3.63) is 65.7 Å². The van der Waals surface area contributed by atoms with Gasteiger partial charge in [-0.2, -0.15) is 0 Å². The molecule has 22 heavy (non-hydrogen) atoms. The van der Waals surface area contributed by atoms with Gasteiger partial charge in [0, 0.05) is 12.2 Å². The average molecular weight is 296 g/mol. The Bertz CT molecular complexity index is 639. The van der Waals surface area contributed by atoms with Gasteiger partial charge in [-0.05, 0) is 23.6 Å². The van der Waals surface area contributed by atoms with E-state index >= 15 is 0 Å². The fourth-order valence-corrected chi connectivity index (χ4v) is 2.15. The lowest BCUT2D eigenvalue weighted by molar-refractivity contribution is -0.126. The number of carbonyl (C=O) groups excluding carboxylic acids is 2. The predicted octanol–water partition coefficient (Wildman–Crippen LogP) is 2.89. The molecule has 2 aromatic carbocycles. The summed E-state index contributed by atoms with van der Waals surface area (Å²) in [5.74, 6) is -0.582. The zero-order chi connectivity index (χ0) is 15.8. The summed E-state index contributed by atoms with van der Waals surface area (Å²) in [5.41, 5.74) is 2.83. The third kappa shape index (κ3) is 4.74. The summed E-state index contributed by atoms with van der Waals surface area (Å²) >= 11 is 0. The molecule has 2 N–H and O–H groups in total. The number of benzene rings is 2. The number of para-hydroxylation sites is 1. The summed E-state index contributed by atoms with van der Waals surface area (Å²) in [5, 5.41) is 5.54. The second-order valence-corrected chi connectivity index (χ2v) is 5.00. The molecule has 2 aromatic rings. The van der Waals surface area contributed by atoms with Gasteiger partial charge in [-0.1, -0.05) is 55.5 Å². The molecule has 4 heteroatoms. The second-order valence-electron chi connectivity index (χ2n) is 5.00. The lowest BCUT2D eigenvalue weighted by Gasteiger charge is -2.10. The highest BCUT2D eigenvalue weighted by molar-refractivity contribution is 6.03. The number of rotatable bonds is 6. The molecule has 114 valence electrons. The quantitative estimate of drug-likeness (QED) is 0.805. The summed E-state index contributed by atoms with van der Waals surface area (Å²) < 4.78 is 0. The Hall–Kier alpha value is -2.62. The molecule has 2 rings (SSSR count). The van der Waals surface area contributed by atoms with Crippen LogP contribution in [-0.4, -0.2) is 11.8 Å². The molecule has 0 radical (unpaired) electrons. The first-order chi connectivity index (χ1) is 10.7. The van der Waals surface area contributed by atoms with Crippen molar-refractivity contribution in [1.82, 2.24) is 5.32 Å². The Morgan fingerprint density at radius 1 is 0.909 bits per heavy atom. The van der Waals surface area contributed by atoms with Crippen LogP contribution < -0.4 is 10.6 Å². The van der Waals surface area contributed by atoms with Gasteiger partial charge in [-0.25, -0.2) is 0 Å². The van der Waals surface area contributed by atoms with E-state index in [4.69, 9.17) is 0 Å². The van der Waals surface area contributed by atoms with E-state index in [1.54, 1.807) is 0 Å². The third-order valence-electron chi connectivity index (χ3n) is 3.33. The molecule has 0 aliphatic rings. The molecule has 0 spiro atoms. The second kappa shape index (κ2) is 7.98. The highest BCUT2D eigenvalue weighted by Gasteiger charge is 2.10. The van der Waals surface area contributed by atoms with Gasteiger partial charge in [0.1, 0.15) is 6.42 Å². The molecule has 2 amide bonds. The lowest BCUT2D eigenvalue weighted by atomic mass is 10.1. The molecule has 0 aliphatic carbocycles. The van der Waals surface area contributed by atoms with Crippen LogP contribution in [0.3, 0.4) is 0 Å². The van der Waals surface area contributed by atoms with Crippen molar-refractivity contribution in [2.45, 2.75) is 26.3 Å². The standard InChI is InChI=1S/C18H20N2O2/c1-2-15-10-6-7-11-16(15)20-18(22)12-17(21)19-13-14-8-4-3-5-9-14/h3-11H,2,12-13H2,1H3,(H,19,21)(H,20,22). The first-order valence-corrected chi connectivity index (χ1v) is 7.37. The summed E-state index contributed by atoms with van der Waals surface area (Å²) in [4.78, 5) is 23.7. The van der Waals surface area contributed by atoms with Gasteiger partial charge in [0.2, 0.25) is 11.8 Å². The molecule has 4 nitrogen and oxygen atoms in total. The van der Waals surface area contributed by atoms with E-state index in [-0.39, 0.29) is 18.2 Å². The summed E-state index contributed by atoms with van der Waals surface area (Å²) in [6.07, 6.45) is 0.654. The van der Waals surface area contributed by atoms with Crippen LogP contribution in [0.25, 0.3) is 0 Å². The fourth-order valence-electron chi connectivity index (χ4n) is 2.15. The zero-order valence-corrected chi connectivity index (χ0v) is 12.6. The van der Waals surface area contributed by atoms with Crippen LogP contribution in [-0.2, 0) is 22.6 Å². The number of amides is 2. The molecule has 0 heterocycles. The fraction of sp³-hybridized carbons (Fsp3) is 0.222. The maximum atomic E-state index is 11.9. The highest BCUT2D eigenvalue weighted by Crippen LogP contribution is 2.15. The predicted molar refractivity (Wildman–Crippen MR) is 87.4 cm³/mol. The first kappa shape index (κ1) is 15.8.